The summed E-state index contributed by atoms with van der Waals surface area (Å²) in [5.74, 6) is 0. The maximum absolute atomic E-state index is 6.19. The second-order valence-corrected chi connectivity index (χ2v) is 8.14. The van der Waals surface area contributed by atoms with E-state index in [-0.39, 0.29) is 6.17 Å². The number of rotatable bonds is 20. The summed E-state index contributed by atoms with van der Waals surface area (Å²) in [5.41, 5.74) is 6.19. The summed E-state index contributed by atoms with van der Waals surface area (Å²) < 4.78 is 0. The van der Waals surface area contributed by atoms with Crippen LogP contribution >= 0.6 is 0 Å². The van der Waals surface area contributed by atoms with Gasteiger partial charge < -0.3 is 5.73 Å². The van der Waals surface area contributed by atoms with Crippen LogP contribution in [-0.2, 0) is 0 Å². The lowest BCUT2D eigenvalue weighted by Gasteiger charge is -2.23. The highest BCUT2D eigenvalue weighted by Crippen LogP contribution is 2.14. The van der Waals surface area contributed by atoms with E-state index >= 15 is 0 Å². The Labute approximate surface area is 160 Å². The molecular formula is C23H50N2. The molecule has 0 aliphatic rings. The molecule has 0 aromatic carbocycles. The van der Waals surface area contributed by atoms with Crippen molar-refractivity contribution in [1.29, 1.82) is 0 Å². The summed E-state index contributed by atoms with van der Waals surface area (Å²) in [6.07, 6.45) is 25.6. The first-order valence-electron chi connectivity index (χ1n) is 11.7. The van der Waals surface area contributed by atoms with Gasteiger partial charge in [-0.1, -0.05) is 117 Å². The van der Waals surface area contributed by atoms with Gasteiger partial charge in [-0.3, -0.25) is 4.90 Å². The van der Waals surface area contributed by atoms with Gasteiger partial charge in [0.25, 0.3) is 0 Å². The summed E-state index contributed by atoms with van der Waals surface area (Å²) in [7, 11) is 2.15. The Balaban J connectivity index is 3.12. The Hall–Kier alpha value is -0.0800. The van der Waals surface area contributed by atoms with E-state index in [9.17, 15) is 0 Å². The zero-order valence-corrected chi connectivity index (χ0v) is 18.0. The van der Waals surface area contributed by atoms with Gasteiger partial charge >= 0.3 is 0 Å². The van der Waals surface area contributed by atoms with Gasteiger partial charge in [0.1, 0.15) is 0 Å². The van der Waals surface area contributed by atoms with E-state index in [2.05, 4.69) is 25.8 Å². The summed E-state index contributed by atoms with van der Waals surface area (Å²) in [6.45, 7) is 5.64. The molecule has 1 unspecified atom stereocenters. The van der Waals surface area contributed by atoms with Gasteiger partial charge in [0.05, 0.1) is 6.17 Å². The molecule has 0 heterocycles. The van der Waals surface area contributed by atoms with Crippen molar-refractivity contribution in [3.63, 3.8) is 0 Å². The number of nitrogens with zero attached hydrogens (tertiary/aromatic N) is 1. The predicted octanol–water partition coefficient (Wildman–Crippen LogP) is 7.26. The molecule has 2 nitrogen and oxygen atoms in total. The van der Waals surface area contributed by atoms with Gasteiger partial charge in [0, 0.05) is 0 Å². The Morgan fingerprint density at radius 2 is 0.920 bits per heavy atom. The van der Waals surface area contributed by atoms with Crippen molar-refractivity contribution in [2.45, 2.75) is 136 Å². The number of nitrogens with two attached hydrogens (primary N) is 1. The van der Waals surface area contributed by atoms with E-state index in [0.29, 0.717) is 0 Å². The van der Waals surface area contributed by atoms with Gasteiger partial charge in [-0.2, -0.15) is 0 Å². The maximum Gasteiger partial charge on any atom is 0.0569 e. The highest BCUT2D eigenvalue weighted by molar-refractivity contribution is 4.61. The Kier molecular flexibility index (Phi) is 20.2. The molecule has 0 amide bonds. The zero-order chi connectivity index (χ0) is 18.6. The van der Waals surface area contributed by atoms with Gasteiger partial charge in [-0.25, -0.2) is 0 Å². The number of hydrogen-bond acceptors (Lipinski definition) is 2. The third-order valence-electron chi connectivity index (χ3n) is 5.50. The summed E-state index contributed by atoms with van der Waals surface area (Å²) in [6, 6.07) is 0. The van der Waals surface area contributed by atoms with E-state index in [1.165, 1.54) is 109 Å². The molecule has 0 radical (unpaired) electrons. The maximum atomic E-state index is 6.19. The number of unbranched alkanes of at least 4 members (excludes halogenated alkanes) is 15. The molecule has 152 valence electrons. The topological polar surface area (TPSA) is 29.3 Å². The lowest BCUT2D eigenvalue weighted by molar-refractivity contribution is 0.231. The fraction of sp³-hybridized carbons (Fsp3) is 1.00. The van der Waals surface area contributed by atoms with Crippen LogP contribution in [0.5, 0.6) is 0 Å². The summed E-state index contributed by atoms with van der Waals surface area (Å²) in [5, 5.41) is 0. The van der Waals surface area contributed by atoms with E-state index in [1.807, 2.05) is 0 Å². The molecule has 0 fully saturated rings. The van der Waals surface area contributed by atoms with Crippen molar-refractivity contribution in [1.82, 2.24) is 4.90 Å². The molecule has 0 aliphatic heterocycles. The molecule has 0 aliphatic carbocycles. The van der Waals surface area contributed by atoms with E-state index in [1.54, 1.807) is 0 Å². The summed E-state index contributed by atoms with van der Waals surface area (Å²) >= 11 is 0. The van der Waals surface area contributed by atoms with Crippen LogP contribution in [0, 0.1) is 0 Å². The molecule has 0 bridgehead atoms. The molecule has 2 heteroatoms. The highest BCUT2D eigenvalue weighted by atomic mass is 15.2. The van der Waals surface area contributed by atoms with Gasteiger partial charge in [0.2, 0.25) is 0 Å². The normalized spacial score (nSPS) is 12.8. The molecule has 0 spiro atoms. The first-order valence-corrected chi connectivity index (χ1v) is 11.7. The largest absolute Gasteiger partial charge is 0.316 e. The third kappa shape index (κ3) is 18.5. The molecule has 0 rings (SSSR count). The van der Waals surface area contributed by atoms with Crippen LogP contribution in [0.25, 0.3) is 0 Å². The molecule has 0 aromatic heterocycles. The minimum Gasteiger partial charge on any atom is -0.316 e. The zero-order valence-electron chi connectivity index (χ0n) is 18.0. The SMILES string of the molecule is CCCCCCCCCCCCCCCCCCC(N)N(C)CCC. The average molecular weight is 355 g/mol. The smallest absolute Gasteiger partial charge is 0.0569 e. The second kappa shape index (κ2) is 20.2. The molecule has 0 saturated carbocycles. The van der Waals surface area contributed by atoms with Crippen LogP contribution in [0.1, 0.15) is 129 Å². The van der Waals surface area contributed by atoms with E-state index in [4.69, 9.17) is 5.73 Å². The van der Waals surface area contributed by atoms with Gasteiger partial charge in [-0.05, 0) is 26.4 Å². The van der Waals surface area contributed by atoms with Crippen LogP contribution in [-0.4, -0.2) is 24.7 Å². The molecule has 1 atom stereocenters. The second-order valence-electron chi connectivity index (χ2n) is 8.14. The summed E-state index contributed by atoms with van der Waals surface area (Å²) in [4.78, 5) is 2.30. The Morgan fingerprint density at radius 1 is 0.560 bits per heavy atom. The Bertz CT molecular complexity index is 242. The van der Waals surface area contributed by atoms with Crippen LogP contribution in [0.3, 0.4) is 0 Å². The molecule has 2 N–H and O–H groups in total. The van der Waals surface area contributed by atoms with Crippen LogP contribution in [0.15, 0.2) is 0 Å². The van der Waals surface area contributed by atoms with E-state index in [0.717, 1.165) is 13.0 Å². The quantitative estimate of drug-likeness (QED) is 0.184. The minimum absolute atomic E-state index is 0.270. The van der Waals surface area contributed by atoms with Crippen molar-refractivity contribution >= 4 is 0 Å². The van der Waals surface area contributed by atoms with Gasteiger partial charge in [0.15, 0.2) is 0 Å². The van der Waals surface area contributed by atoms with Crippen LogP contribution in [0.4, 0.5) is 0 Å². The lowest BCUT2D eigenvalue weighted by Crippen LogP contribution is -2.39. The fourth-order valence-corrected chi connectivity index (χ4v) is 3.64. The van der Waals surface area contributed by atoms with Crippen molar-refractivity contribution in [3.05, 3.63) is 0 Å². The van der Waals surface area contributed by atoms with Crippen molar-refractivity contribution < 1.29 is 0 Å². The van der Waals surface area contributed by atoms with Crippen molar-refractivity contribution in [2.24, 2.45) is 5.73 Å². The predicted molar refractivity (Wildman–Crippen MR) is 115 cm³/mol. The molecule has 0 saturated heterocycles. The van der Waals surface area contributed by atoms with Crippen molar-refractivity contribution in [3.8, 4) is 0 Å². The first-order chi connectivity index (χ1) is 12.2. The first kappa shape index (κ1) is 24.9. The molecular weight excluding hydrogens is 304 g/mol. The van der Waals surface area contributed by atoms with E-state index < -0.39 is 0 Å². The fourth-order valence-electron chi connectivity index (χ4n) is 3.64. The monoisotopic (exact) mass is 354 g/mol. The molecule has 25 heavy (non-hydrogen) atoms. The standard InChI is InChI=1S/C23H50N2/c1-4-6-7-8-9-10-11-12-13-14-15-16-17-18-19-20-21-23(24)25(3)22-5-2/h23H,4-22,24H2,1-3H3. The van der Waals surface area contributed by atoms with Crippen LogP contribution in [0.2, 0.25) is 0 Å². The minimum atomic E-state index is 0.270. The highest BCUT2D eigenvalue weighted by Gasteiger charge is 2.07. The Morgan fingerprint density at radius 3 is 1.28 bits per heavy atom. The lowest BCUT2D eigenvalue weighted by atomic mass is 10.0. The van der Waals surface area contributed by atoms with Gasteiger partial charge in [-0.15, -0.1) is 0 Å². The van der Waals surface area contributed by atoms with Crippen molar-refractivity contribution in [2.75, 3.05) is 13.6 Å². The number of hydrogen-bond donors (Lipinski definition) is 1. The molecule has 0 aromatic rings. The average Bonchev–Trinajstić information content (AvgIpc) is 2.61. The third-order valence-corrected chi connectivity index (χ3v) is 5.50. The van der Waals surface area contributed by atoms with Crippen LogP contribution < -0.4 is 5.73 Å².